The lowest BCUT2D eigenvalue weighted by Gasteiger charge is -2.06. The Balaban J connectivity index is 2.19. The molecule has 0 aliphatic rings. The normalized spacial score (nSPS) is 13.8. The van der Waals surface area contributed by atoms with Crippen LogP contribution in [0.15, 0.2) is 70.1 Å². The monoisotopic (exact) mass is 316 g/mol. The lowest BCUT2D eigenvalue weighted by atomic mass is 10.2. The maximum absolute atomic E-state index is 12.9. The Labute approximate surface area is 128 Å². The summed E-state index contributed by atoms with van der Waals surface area (Å²) in [6, 6.07) is 16.6. The summed E-state index contributed by atoms with van der Waals surface area (Å²) in [5.74, 6) is 0.496. The molecule has 0 radical (unpaired) electrons. The zero-order valence-electron chi connectivity index (χ0n) is 11.4. The topological polar surface area (TPSA) is 42.3 Å². The smallest absolute Gasteiger partial charge is 0.169 e. The van der Waals surface area contributed by atoms with Gasteiger partial charge < -0.3 is 0 Å². The summed E-state index contributed by atoms with van der Waals surface area (Å²) in [5, 5.41) is 2.53. The molecule has 106 valence electrons. The summed E-state index contributed by atoms with van der Waals surface area (Å²) < 4.78 is 17.3. The van der Waals surface area contributed by atoms with Crippen LogP contribution in [-0.2, 0) is 9.73 Å². The lowest BCUT2D eigenvalue weighted by Crippen LogP contribution is -1.97. The van der Waals surface area contributed by atoms with Gasteiger partial charge >= 0.3 is 0 Å². The van der Waals surface area contributed by atoms with E-state index in [9.17, 15) is 4.21 Å². The molecule has 0 amide bonds. The standard InChI is InChI=1S/C16H13ClN2OS/c1-21(20,14-8-6-13(17)7-9-14)19-16-15-5-3-2-4-12(15)10-11-18-16/h2-11H,1H3. The Hall–Kier alpha value is -1.91. The molecule has 0 N–H and O–H groups in total. The second kappa shape index (κ2) is 5.47. The molecular formula is C16H13ClN2OS. The molecule has 3 rings (SSSR count). The molecule has 21 heavy (non-hydrogen) atoms. The van der Waals surface area contributed by atoms with Crippen LogP contribution in [0.1, 0.15) is 0 Å². The Morgan fingerprint density at radius 2 is 1.76 bits per heavy atom. The molecule has 0 fully saturated rings. The first-order valence-corrected chi connectivity index (χ1v) is 8.68. The number of nitrogens with zero attached hydrogens (tertiary/aromatic N) is 2. The first-order chi connectivity index (χ1) is 10.1. The third-order valence-corrected chi connectivity index (χ3v) is 5.08. The number of hydrogen-bond acceptors (Lipinski definition) is 3. The molecule has 3 aromatic rings. The second-order valence-electron chi connectivity index (χ2n) is 4.70. The largest absolute Gasteiger partial charge is 0.245 e. The maximum Gasteiger partial charge on any atom is 0.169 e. The van der Waals surface area contributed by atoms with Crippen LogP contribution in [0, 0.1) is 0 Å². The van der Waals surface area contributed by atoms with Crippen molar-refractivity contribution in [3.8, 4) is 0 Å². The number of pyridine rings is 1. The van der Waals surface area contributed by atoms with E-state index in [-0.39, 0.29) is 0 Å². The molecule has 0 aliphatic heterocycles. The summed E-state index contributed by atoms with van der Waals surface area (Å²) >= 11 is 5.86. The number of aromatic nitrogens is 1. The van der Waals surface area contributed by atoms with Crippen molar-refractivity contribution < 1.29 is 4.21 Å². The lowest BCUT2D eigenvalue weighted by molar-refractivity contribution is 0.680. The van der Waals surface area contributed by atoms with Gasteiger partial charge in [-0.25, -0.2) is 9.19 Å². The fraction of sp³-hybridized carbons (Fsp3) is 0.0625. The highest BCUT2D eigenvalue weighted by molar-refractivity contribution is 7.93. The number of benzene rings is 2. The van der Waals surface area contributed by atoms with Crippen LogP contribution in [0.5, 0.6) is 0 Å². The van der Waals surface area contributed by atoms with Crippen molar-refractivity contribution in [1.82, 2.24) is 4.98 Å². The number of fused-ring (bicyclic) bond motifs is 1. The third-order valence-electron chi connectivity index (χ3n) is 3.16. The third kappa shape index (κ3) is 2.91. The molecule has 0 bridgehead atoms. The van der Waals surface area contributed by atoms with Crippen molar-refractivity contribution in [2.24, 2.45) is 4.36 Å². The SMILES string of the molecule is CS(=O)(=Nc1nccc2ccccc12)c1ccc(Cl)cc1. The maximum atomic E-state index is 12.9. The zero-order valence-corrected chi connectivity index (χ0v) is 12.9. The predicted molar refractivity (Wildman–Crippen MR) is 87.6 cm³/mol. The molecular weight excluding hydrogens is 304 g/mol. The van der Waals surface area contributed by atoms with Crippen LogP contribution >= 0.6 is 11.6 Å². The molecule has 0 saturated carbocycles. The fourth-order valence-electron chi connectivity index (χ4n) is 2.08. The van der Waals surface area contributed by atoms with E-state index in [1.54, 1.807) is 36.7 Å². The summed E-state index contributed by atoms with van der Waals surface area (Å²) in [4.78, 5) is 4.90. The Morgan fingerprint density at radius 3 is 2.52 bits per heavy atom. The molecule has 1 unspecified atom stereocenters. The van der Waals surface area contributed by atoms with Crippen molar-refractivity contribution in [2.75, 3.05) is 6.26 Å². The first-order valence-electron chi connectivity index (χ1n) is 6.38. The highest BCUT2D eigenvalue weighted by atomic mass is 35.5. The van der Waals surface area contributed by atoms with Crippen molar-refractivity contribution >= 4 is 37.9 Å². The van der Waals surface area contributed by atoms with E-state index < -0.39 is 9.73 Å². The second-order valence-corrected chi connectivity index (χ2v) is 7.40. The van der Waals surface area contributed by atoms with Gasteiger partial charge in [-0.15, -0.1) is 0 Å². The van der Waals surface area contributed by atoms with Crippen LogP contribution in [0.2, 0.25) is 5.02 Å². The Kier molecular flexibility index (Phi) is 3.66. The average molecular weight is 317 g/mol. The van der Waals surface area contributed by atoms with Crippen molar-refractivity contribution in [3.05, 3.63) is 65.8 Å². The predicted octanol–water partition coefficient (Wildman–Crippen LogP) is 4.68. The minimum Gasteiger partial charge on any atom is -0.245 e. The van der Waals surface area contributed by atoms with Crippen LogP contribution < -0.4 is 0 Å². The summed E-state index contributed by atoms with van der Waals surface area (Å²) in [6.45, 7) is 0. The van der Waals surface area contributed by atoms with Gasteiger partial charge in [-0.3, -0.25) is 0 Å². The van der Waals surface area contributed by atoms with Crippen molar-refractivity contribution in [2.45, 2.75) is 4.90 Å². The van der Waals surface area contributed by atoms with E-state index in [1.807, 2.05) is 30.3 Å². The highest BCUT2D eigenvalue weighted by Crippen LogP contribution is 2.26. The minimum absolute atomic E-state index is 0.496. The van der Waals surface area contributed by atoms with E-state index in [2.05, 4.69) is 9.35 Å². The quantitative estimate of drug-likeness (QED) is 0.689. The van der Waals surface area contributed by atoms with Gasteiger partial charge in [0.25, 0.3) is 0 Å². The molecule has 2 aromatic carbocycles. The van der Waals surface area contributed by atoms with Crippen molar-refractivity contribution in [3.63, 3.8) is 0 Å². The van der Waals surface area contributed by atoms with Crippen LogP contribution in [0.25, 0.3) is 10.8 Å². The number of hydrogen-bond donors (Lipinski definition) is 0. The van der Waals surface area contributed by atoms with Gasteiger partial charge in [-0.1, -0.05) is 35.9 Å². The van der Waals surface area contributed by atoms with Crippen LogP contribution in [0.3, 0.4) is 0 Å². The van der Waals surface area contributed by atoms with Gasteiger partial charge in [0.2, 0.25) is 0 Å². The summed E-state index contributed by atoms with van der Waals surface area (Å²) in [5.41, 5.74) is 0. The van der Waals surface area contributed by atoms with Crippen LogP contribution in [-0.4, -0.2) is 15.4 Å². The van der Waals surface area contributed by atoms with Gasteiger partial charge in [-0.05, 0) is 35.7 Å². The highest BCUT2D eigenvalue weighted by Gasteiger charge is 2.08. The van der Waals surface area contributed by atoms with E-state index in [0.29, 0.717) is 15.7 Å². The summed E-state index contributed by atoms with van der Waals surface area (Å²) in [6.07, 6.45) is 3.29. The molecule has 3 nitrogen and oxygen atoms in total. The van der Waals surface area contributed by atoms with Gasteiger partial charge in [0.1, 0.15) is 0 Å². The number of halogens is 1. The van der Waals surface area contributed by atoms with Gasteiger partial charge in [0, 0.05) is 27.8 Å². The Bertz CT molecular complexity index is 908. The van der Waals surface area contributed by atoms with E-state index in [1.165, 1.54) is 0 Å². The molecule has 0 spiro atoms. The molecule has 0 aliphatic carbocycles. The minimum atomic E-state index is -2.57. The van der Waals surface area contributed by atoms with Gasteiger partial charge in [-0.2, -0.15) is 4.36 Å². The fourth-order valence-corrected chi connectivity index (χ4v) is 3.43. The molecule has 1 aromatic heterocycles. The average Bonchev–Trinajstić information content (AvgIpc) is 2.48. The molecule has 0 saturated heterocycles. The number of rotatable bonds is 2. The van der Waals surface area contributed by atoms with E-state index in [4.69, 9.17) is 11.6 Å². The zero-order chi connectivity index (χ0) is 14.9. The molecule has 1 atom stereocenters. The van der Waals surface area contributed by atoms with Crippen molar-refractivity contribution in [1.29, 1.82) is 0 Å². The van der Waals surface area contributed by atoms with Gasteiger partial charge in [0.05, 0.1) is 9.73 Å². The van der Waals surface area contributed by atoms with Gasteiger partial charge in [0.15, 0.2) is 5.82 Å². The molecule has 5 heteroatoms. The Morgan fingerprint density at radius 1 is 1.05 bits per heavy atom. The van der Waals surface area contributed by atoms with Crippen LogP contribution in [0.4, 0.5) is 5.82 Å². The van der Waals surface area contributed by atoms with E-state index >= 15 is 0 Å². The molecule has 1 heterocycles. The first kappa shape index (κ1) is 14.0. The summed E-state index contributed by atoms with van der Waals surface area (Å²) in [7, 11) is -2.57. The van der Waals surface area contributed by atoms with E-state index in [0.717, 1.165) is 10.8 Å².